The molecule has 0 heterocycles. The summed E-state index contributed by atoms with van der Waals surface area (Å²) < 4.78 is 0. The van der Waals surface area contributed by atoms with E-state index < -0.39 is 0 Å². The Morgan fingerprint density at radius 2 is 2.11 bits per heavy atom. The molecule has 3 nitrogen and oxygen atoms in total. The predicted molar refractivity (Wildman–Crippen MR) is 84.0 cm³/mol. The molecule has 0 bridgehead atoms. The maximum absolute atomic E-state index is 10.2. The molecule has 5 heteroatoms. The summed E-state index contributed by atoms with van der Waals surface area (Å²) in [5.74, 6) is 0. The Labute approximate surface area is 124 Å². The van der Waals surface area contributed by atoms with Crippen LogP contribution in [0.4, 0.5) is 5.69 Å². The van der Waals surface area contributed by atoms with E-state index in [9.17, 15) is 5.11 Å². The molecule has 2 rings (SSSR count). The Bertz CT molecular complexity index is 481. The van der Waals surface area contributed by atoms with Gasteiger partial charge in [-0.15, -0.1) is 0 Å². The van der Waals surface area contributed by atoms with Crippen molar-refractivity contribution in [1.29, 1.82) is 0 Å². The molecule has 0 aliphatic heterocycles. The van der Waals surface area contributed by atoms with Crippen LogP contribution in [0.15, 0.2) is 18.2 Å². The first kappa shape index (κ1) is 14.6. The van der Waals surface area contributed by atoms with Gasteiger partial charge in [-0.25, -0.2) is 0 Å². The van der Waals surface area contributed by atoms with Gasteiger partial charge in [-0.2, -0.15) is 0 Å². The lowest BCUT2D eigenvalue weighted by Gasteiger charge is -2.37. The van der Waals surface area contributed by atoms with Gasteiger partial charge >= 0.3 is 0 Å². The van der Waals surface area contributed by atoms with Gasteiger partial charge < -0.3 is 15.7 Å². The fourth-order valence-corrected chi connectivity index (χ4v) is 3.31. The number of nitrogens with zero attached hydrogens (tertiary/aromatic N) is 1. The molecule has 1 fully saturated rings. The summed E-state index contributed by atoms with van der Waals surface area (Å²) in [6, 6.07) is 5.71. The van der Waals surface area contributed by atoms with Gasteiger partial charge in [-0.05, 0) is 25.0 Å². The number of nitrogens with two attached hydrogens (primary N) is 1. The fourth-order valence-electron chi connectivity index (χ4n) is 2.77. The summed E-state index contributed by atoms with van der Waals surface area (Å²) in [4.78, 5) is 2.35. The molecular formula is C14H19ClN2OS. The maximum Gasteiger partial charge on any atom is 0.107 e. The van der Waals surface area contributed by atoms with Crippen molar-refractivity contribution in [2.45, 2.75) is 37.8 Å². The maximum atomic E-state index is 10.2. The van der Waals surface area contributed by atoms with Gasteiger partial charge in [0, 0.05) is 12.7 Å². The second kappa shape index (κ2) is 6.07. The van der Waals surface area contributed by atoms with Gasteiger partial charge in [0.05, 0.1) is 22.7 Å². The van der Waals surface area contributed by atoms with Crippen molar-refractivity contribution in [3.05, 3.63) is 28.8 Å². The average molecular weight is 299 g/mol. The molecule has 104 valence electrons. The smallest absolute Gasteiger partial charge is 0.107 e. The van der Waals surface area contributed by atoms with E-state index in [1.807, 2.05) is 19.2 Å². The van der Waals surface area contributed by atoms with E-state index in [1.54, 1.807) is 6.07 Å². The molecule has 3 N–H and O–H groups in total. The van der Waals surface area contributed by atoms with E-state index >= 15 is 0 Å². The Morgan fingerprint density at radius 3 is 2.74 bits per heavy atom. The lowest BCUT2D eigenvalue weighted by atomic mass is 9.91. The highest BCUT2D eigenvalue weighted by atomic mass is 35.5. The van der Waals surface area contributed by atoms with Crippen molar-refractivity contribution in [3.63, 3.8) is 0 Å². The second-order valence-corrected chi connectivity index (χ2v) is 5.88. The number of halogens is 1. The molecule has 0 radical (unpaired) electrons. The van der Waals surface area contributed by atoms with Crippen molar-refractivity contribution >= 4 is 34.5 Å². The number of likely N-dealkylation sites (N-methyl/N-ethyl adjacent to an activating group) is 1. The Hall–Kier alpha value is -0.840. The molecule has 2 atom stereocenters. The summed E-state index contributed by atoms with van der Waals surface area (Å²) in [6.45, 7) is 0. The third-order valence-electron chi connectivity index (χ3n) is 3.81. The monoisotopic (exact) mass is 298 g/mol. The predicted octanol–water partition coefficient (Wildman–Crippen LogP) is 2.71. The van der Waals surface area contributed by atoms with Crippen molar-refractivity contribution in [1.82, 2.24) is 0 Å². The molecule has 0 saturated heterocycles. The number of rotatable bonds is 3. The number of aliphatic hydroxyl groups excluding tert-OH is 1. The zero-order valence-electron chi connectivity index (χ0n) is 11.0. The minimum absolute atomic E-state index is 0.0975. The molecule has 1 aromatic rings. The van der Waals surface area contributed by atoms with Crippen molar-refractivity contribution < 1.29 is 5.11 Å². The molecule has 19 heavy (non-hydrogen) atoms. The number of hydrogen-bond donors (Lipinski definition) is 2. The van der Waals surface area contributed by atoms with Crippen LogP contribution in [0.2, 0.25) is 5.02 Å². The molecule has 1 aliphatic carbocycles. The molecule has 2 unspecified atom stereocenters. The van der Waals surface area contributed by atoms with Gasteiger partial charge in [0.15, 0.2) is 0 Å². The van der Waals surface area contributed by atoms with Crippen molar-refractivity contribution in [3.8, 4) is 0 Å². The van der Waals surface area contributed by atoms with Crippen LogP contribution in [0.3, 0.4) is 0 Å². The Kier molecular flexibility index (Phi) is 4.66. The summed E-state index contributed by atoms with van der Waals surface area (Å²) in [7, 11) is 1.96. The molecule has 0 amide bonds. The SMILES string of the molecule is CN(c1cccc(Cl)c1C(N)=S)C1CCCCC1O. The van der Waals surface area contributed by atoms with Crippen LogP contribution < -0.4 is 10.6 Å². The first-order chi connectivity index (χ1) is 9.02. The fraction of sp³-hybridized carbons (Fsp3) is 0.500. The van der Waals surface area contributed by atoms with E-state index in [0.29, 0.717) is 10.6 Å². The largest absolute Gasteiger partial charge is 0.391 e. The van der Waals surface area contributed by atoms with Crippen molar-refractivity contribution in [2.75, 3.05) is 11.9 Å². The molecule has 1 aromatic carbocycles. The van der Waals surface area contributed by atoms with Gasteiger partial charge in [0.25, 0.3) is 0 Å². The second-order valence-electron chi connectivity index (χ2n) is 5.03. The van der Waals surface area contributed by atoms with Crippen LogP contribution in [0.5, 0.6) is 0 Å². The normalized spacial score (nSPS) is 23.1. The third kappa shape index (κ3) is 3.02. The lowest BCUT2D eigenvalue weighted by Crippen LogP contribution is -2.44. The minimum atomic E-state index is -0.308. The number of benzene rings is 1. The summed E-state index contributed by atoms with van der Waals surface area (Å²) >= 11 is 11.3. The van der Waals surface area contributed by atoms with Gasteiger partial charge in [0.1, 0.15) is 4.99 Å². The molecular weight excluding hydrogens is 280 g/mol. The Morgan fingerprint density at radius 1 is 1.42 bits per heavy atom. The summed E-state index contributed by atoms with van der Waals surface area (Å²) in [5, 5.41) is 10.7. The highest BCUT2D eigenvalue weighted by Gasteiger charge is 2.28. The number of anilines is 1. The van der Waals surface area contributed by atoms with E-state index in [2.05, 4.69) is 4.90 Å². The standard InChI is InChI=1S/C14H19ClN2OS/c1-17(10-6-2-3-8-12(10)18)11-7-4-5-9(15)13(11)14(16)19/h4-5,7,10,12,18H,2-3,6,8H2,1H3,(H2,16,19). The molecule has 1 aliphatic rings. The van der Waals surface area contributed by atoms with Crippen molar-refractivity contribution in [2.24, 2.45) is 5.73 Å². The molecule has 0 spiro atoms. The first-order valence-corrected chi connectivity index (χ1v) is 7.30. The average Bonchev–Trinajstić information content (AvgIpc) is 2.37. The van der Waals surface area contributed by atoms with Gasteiger partial charge in [0.2, 0.25) is 0 Å². The Balaban J connectivity index is 2.35. The lowest BCUT2D eigenvalue weighted by molar-refractivity contribution is 0.106. The number of thiocarbonyl (C=S) groups is 1. The minimum Gasteiger partial charge on any atom is -0.391 e. The van der Waals surface area contributed by atoms with Gasteiger partial charge in [-0.3, -0.25) is 0 Å². The van der Waals surface area contributed by atoms with E-state index in [0.717, 1.165) is 31.4 Å². The number of aliphatic hydroxyl groups is 1. The summed E-state index contributed by atoms with van der Waals surface area (Å²) in [6.07, 6.45) is 3.73. The quantitative estimate of drug-likeness (QED) is 0.843. The number of hydrogen-bond acceptors (Lipinski definition) is 3. The van der Waals surface area contributed by atoms with Crippen LogP contribution in [0.1, 0.15) is 31.2 Å². The zero-order chi connectivity index (χ0) is 14.0. The van der Waals surface area contributed by atoms with E-state index in [4.69, 9.17) is 29.6 Å². The van der Waals surface area contributed by atoms with Crippen LogP contribution in [0.25, 0.3) is 0 Å². The summed E-state index contributed by atoms with van der Waals surface area (Å²) in [5.41, 5.74) is 7.36. The van der Waals surface area contributed by atoms with Crippen LogP contribution >= 0.6 is 23.8 Å². The highest BCUT2D eigenvalue weighted by molar-refractivity contribution is 7.80. The van der Waals surface area contributed by atoms with E-state index in [-0.39, 0.29) is 17.1 Å². The first-order valence-electron chi connectivity index (χ1n) is 6.51. The van der Waals surface area contributed by atoms with Crippen LogP contribution in [-0.2, 0) is 0 Å². The third-order valence-corrected chi connectivity index (χ3v) is 4.33. The van der Waals surface area contributed by atoms with E-state index in [1.165, 1.54) is 0 Å². The van der Waals surface area contributed by atoms with Gasteiger partial charge in [-0.1, -0.05) is 42.7 Å². The topological polar surface area (TPSA) is 49.5 Å². The van der Waals surface area contributed by atoms with Crippen LogP contribution in [0, 0.1) is 0 Å². The zero-order valence-corrected chi connectivity index (χ0v) is 12.5. The molecule has 0 aromatic heterocycles. The highest BCUT2D eigenvalue weighted by Crippen LogP contribution is 2.32. The molecule has 1 saturated carbocycles. The van der Waals surface area contributed by atoms with Crippen LogP contribution in [-0.4, -0.2) is 29.3 Å².